The van der Waals surface area contributed by atoms with Gasteiger partial charge in [-0.2, -0.15) is 0 Å². The van der Waals surface area contributed by atoms with Crippen molar-refractivity contribution in [3.8, 4) is 11.5 Å². The Labute approximate surface area is 167 Å². The quantitative estimate of drug-likeness (QED) is 0.730. The second kappa shape index (κ2) is 9.58. The van der Waals surface area contributed by atoms with Crippen LogP contribution in [0.1, 0.15) is 31.2 Å². The summed E-state index contributed by atoms with van der Waals surface area (Å²) in [7, 11) is 4.88. The monoisotopic (exact) mass is 392 g/mol. The fourth-order valence-electron chi connectivity index (χ4n) is 4.16. The first kappa shape index (κ1) is 20.9. The fraction of sp³-hybridized carbons (Fsp3) is 0.667. The Kier molecular flexibility index (Phi) is 7.15. The molecule has 0 aromatic heterocycles. The van der Waals surface area contributed by atoms with Gasteiger partial charge in [0, 0.05) is 44.9 Å². The van der Waals surface area contributed by atoms with Gasteiger partial charge < -0.3 is 24.3 Å². The molecular weight excluding hydrogens is 360 g/mol. The molecule has 1 spiro atoms. The molecule has 0 saturated carbocycles. The normalized spacial score (nSPS) is 21.6. The molecule has 156 valence electrons. The maximum absolute atomic E-state index is 11.6. The number of amides is 1. The van der Waals surface area contributed by atoms with Crippen LogP contribution in [0.25, 0.3) is 0 Å². The standard InChI is InChI=1S/C21H32N2O5/c1-25-15-20(24)22-13-18-6-7-21(28-18)8-10-23(11-9-21)14-16-4-5-17(26-2)12-19(16)27-3/h4-5,12,18H,6-11,13-15H2,1-3H3,(H,22,24)/t18-/m1/s1. The van der Waals surface area contributed by atoms with Crippen molar-refractivity contribution in [2.75, 3.05) is 47.6 Å². The molecule has 0 aliphatic carbocycles. The van der Waals surface area contributed by atoms with E-state index in [1.807, 2.05) is 12.1 Å². The van der Waals surface area contributed by atoms with Gasteiger partial charge in [0.05, 0.1) is 25.9 Å². The third-order valence-electron chi connectivity index (χ3n) is 5.80. The summed E-state index contributed by atoms with van der Waals surface area (Å²) in [6, 6.07) is 5.99. The summed E-state index contributed by atoms with van der Waals surface area (Å²) in [5, 5.41) is 2.89. The summed E-state index contributed by atoms with van der Waals surface area (Å²) in [4.78, 5) is 14.0. The first-order valence-electron chi connectivity index (χ1n) is 9.94. The Morgan fingerprint density at radius 2 is 2.00 bits per heavy atom. The minimum Gasteiger partial charge on any atom is -0.497 e. The molecule has 1 aromatic rings. The van der Waals surface area contributed by atoms with Crippen LogP contribution < -0.4 is 14.8 Å². The maximum Gasteiger partial charge on any atom is 0.246 e. The van der Waals surface area contributed by atoms with E-state index in [4.69, 9.17) is 18.9 Å². The van der Waals surface area contributed by atoms with Crippen LogP contribution in [0, 0.1) is 0 Å². The van der Waals surface area contributed by atoms with Crippen molar-refractivity contribution in [1.29, 1.82) is 0 Å². The molecule has 2 heterocycles. The number of nitrogens with one attached hydrogen (secondary N) is 1. The highest BCUT2D eigenvalue weighted by Gasteiger charge is 2.42. The number of carbonyl (C=O) groups is 1. The second-order valence-electron chi connectivity index (χ2n) is 7.65. The van der Waals surface area contributed by atoms with Crippen LogP contribution in [0.3, 0.4) is 0 Å². The van der Waals surface area contributed by atoms with Crippen molar-refractivity contribution < 1.29 is 23.7 Å². The molecule has 7 heteroatoms. The van der Waals surface area contributed by atoms with Crippen molar-refractivity contribution in [1.82, 2.24) is 10.2 Å². The molecular formula is C21H32N2O5. The lowest BCUT2D eigenvalue weighted by Gasteiger charge is -2.39. The van der Waals surface area contributed by atoms with Crippen molar-refractivity contribution in [3.63, 3.8) is 0 Å². The van der Waals surface area contributed by atoms with Gasteiger partial charge in [-0.3, -0.25) is 9.69 Å². The molecule has 0 unspecified atom stereocenters. The zero-order valence-corrected chi connectivity index (χ0v) is 17.2. The molecule has 0 radical (unpaired) electrons. The van der Waals surface area contributed by atoms with Gasteiger partial charge in [-0.1, -0.05) is 6.07 Å². The molecule has 7 nitrogen and oxygen atoms in total. The highest BCUT2D eigenvalue weighted by Crippen LogP contribution is 2.39. The number of carbonyl (C=O) groups excluding carboxylic acids is 1. The topological polar surface area (TPSA) is 69.3 Å². The van der Waals surface area contributed by atoms with Crippen molar-refractivity contribution in [3.05, 3.63) is 23.8 Å². The van der Waals surface area contributed by atoms with Gasteiger partial charge in [0.1, 0.15) is 18.1 Å². The summed E-state index contributed by atoms with van der Waals surface area (Å²) in [6.07, 6.45) is 4.22. The zero-order valence-electron chi connectivity index (χ0n) is 17.2. The van der Waals surface area contributed by atoms with E-state index in [9.17, 15) is 4.79 Å². The Morgan fingerprint density at radius 1 is 1.21 bits per heavy atom. The van der Waals surface area contributed by atoms with Gasteiger partial charge in [0.25, 0.3) is 0 Å². The highest BCUT2D eigenvalue weighted by atomic mass is 16.5. The summed E-state index contributed by atoms with van der Waals surface area (Å²) in [5.74, 6) is 1.58. The SMILES string of the molecule is COCC(=O)NC[C@H]1CCC2(CCN(Cc3ccc(OC)cc3OC)CC2)O1. The van der Waals surface area contributed by atoms with E-state index in [2.05, 4.69) is 16.3 Å². The Hall–Kier alpha value is -1.83. The first-order chi connectivity index (χ1) is 13.6. The molecule has 1 atom stereocenters. The number of likely N-dealkylation sites (tertiary alicyclic amines) is 1. The van der Waals surface area contributed by atoms with Gasteiger partial charge in [-0.05, 0) is 31.7 Å². The number of piperidine rings is 1. The Morgan fingerprint density at radius 3 is 2.68 bits per heavy atom. The van der Waals surface area contributed by atoms with Gasteiger partial charge in [0.15, 0.2) is 0 Å². The van der Waals surface area contributed by atoms with E-state index in [0.717, 1.165) is 56.8 Å². The van der Waals surface area contributed by atoms with Crippen LogP contribution in [0.5, 0.6) is 11.5 Å². The molecule has 2 aliphatic rings. The molecule has 0 bridgehead atoms. The van der Waals surface area contributed by atoms with E-state index < -0.39 is 0 Å². The lowest BCUT2D eigenvalue weighted by Crippen LogP contribution is -2.45. The zero-order chi connectivity index (χ0) is 20.0. The van der Waals surface area contributed by atoms with Crippen LogP contribution >= 0.6 is 0 Å². The van der Waals surface area contributed by atoms with Crippen LogP contribution in [-0.2, 0) is 20.8 Å². The Bertz CT molecular complexity index is 658. The van der Waals surface area contributed by atoms with Crippen LogP contribution in [0.15, 0.2) is 18.2 Å². The Balaban J connectivity index is 1.48. The minimum absolute atomic E-state index is 0.0306. The number of rotatable bonds is 8. The summed E-state index contributed by atoms with van der Waals surface area (Å²) >= 11 is 0. The van der Waals surface area contributed by atoms with Crippen LogP contribution in [0.4, 0.5) is 0 Å². The number of methoxy groups -OCH3 is 3. The summed E-state index contributed by atoms with van der Waals surface area (Å²) in [6.45, 7) is 3.52. The van der Waals surface area contributed by atoms with Gasteiger partial charge in [0.2, 0.25) is 5.91 Å². The molecule has 3 rings (SSSR count). The van der Waals surface area contributed by atoms with E-state index in [1.54, 1.807) is 14.2 Å². The molecule has 28 heavy (non-hydrogen) atoms. The number of benzene rings is 1. The van der Waals surface area contributed by atoms with E-state index >= 15 is 0 Å². The summed E-state index contributed by atoms with van der Waals surface area (Å²) < 4.78 is 22.0. The summed E-state index contributed by atoms with van der Waals surface area (Å²) in [5.41, 5.74) is 1.14. The van der Waals surface area contributed by atoms with Crippen LogP contribution in [0.2, 0.25) is 0 Å². The lowest BCUT2D eigenvalue weighted by molar-refractivity contribution is -0.126. The minimum atomic E-state index is -0.0877. The van der Waals surface area contributed by atoms with Crippen molar-refractivity contribution in [2.45, 2.75) is 43.9 Å². The third-order valence-corrected chi connectivity index (χ3v) is 5.80. The largest absolute Gasteiger partial charge is 0.497 e. The number of hydrogen-bond donors (Lipinski definition) is 1. The van der Waals surface area contributed by atoms with Crippen LogP contribution in [-0.4, -0.2) is 70.1 Å². The smallest absolute Gasteiger partial charge is 0.246 e. The van der Waals surface area contributed by atoms with E-state index in [0.29, 0.717) is 6.54 Å². The number of ether oxygens (including phenoxy) is 4. The van der Waals surface area contributed by atoms with Crippen molar-refractivity contribution in [2.24, 2.45) is 0 Å². The number of hydrogen-bond acceptors (Lipinski definition) is 6. The third kappa shape index (κ3) is 5.16. The molecule has 1 amide bonds. The highest BCUT2D eigenvalue weighted by molar-refractivity contribution is 5.77. The molecule has 2 saturated heterocycles. The average Bonchev–Trinajstić information content (AvgIpc) is 3.11. The van der Waals surface area contributed by atoms with Gasteiger partial charge >= 0.3 is 0 Å². The fourth-order valence-corrected chi connectivity index (χ4v) is 4.16. The van der Waals surface area contributed by atoms with E-state index in [1.165, 1.54) is 12.7 Å². The maximum atomic E-state index is 11.6. The second-order valence-corrected chi connectivity index (χ2v) is 7.65. The lowest BCUT2D eigenvalue weighted by atomic mass is 9.88. The van der Waals surface area contributed by atoms with Gasteiger partial charge in [-0.15, -0.1) is 0 Å². The molecule has 2 fully saturated rings. The average molecular weight is 392 g/mol. The molecule has 1 aromatic carbocycles. The molecule has 2 aliphatic heterocycles. The van der Waals surface area contributed by atoms with Crippen molar-refractivity contribution >= 4 is 5.91 Å². The predicted octanol–water partition coefficient (Wildman–Crippen LogP) is 1.98. The predicted molar refractivity (Wildman–Crippen MR) is 106 cm³/mol. The number of nitrogens with zero attached hydrogens (tertiary/aromatic N) is 1. The first-order valence-corrected chi connectivity index (χ1v) is 9.94. The van der Waals surface area contributed by atoms with Gasteiger partial charge in [-0.25, -0.2) is 0 Å². The molecule has 1 N–H and O–H groups in total. The van der Waals surface area contributed by atoms with E-state index in [-0.39, 0.29) is 24.2 Å².